The van der Waals surface area contributed by atoms with Crippen LogP contribution in [0.25, 0.3) is 0 Å². The highest BCUT2D eigenvalue weighted by molar-refractivity contribution is 7.98. The van der Waals surface area contributed by atoms with Crippen molar-refractivity contribution in [3.05, 3.63) is 35.9 Å². The maximum atomic E-state index is 13.1. The smallest absolute Gasteiger partial charge is 0.245 e. The third kappa shape index (κ3) is 9.94. The third-order valence-electron chi connectivity index (χ3n) is 6.73. The van der Waals surface area contributed by atoms with Gasteiger partial charge in [-0.05, 0) is 43.4 Å². The van der Waals surface area contributed by atoms with E-state index < -0.39 is 6.04 Å². The number of nitrogens with zero attached hydrogens (tertiary/aromatic N) is 1. The van der Waals surface area contributed by atoms with Gasteiger partial charge in [-0.2, -0.15) is 0 Å². The van der Waals surface area contributed by atoms with Gasteiger partial charge in [-0.25, -0.2) is 0 Å². The molecule has 0 bridgehead atoms. The number of likely N-dealkylation sites (tertiary alicyclic amines) is 1. The van der Waals surface area contributed by atoms with Crippen molar-refractivity contribution in [2.45, 2.75) is 63.6 Å². The molecule has 0 radical (unpaired) electrons. The van der Waals surface area contributed by atoms with Crippen LogP contribution in [0.3, 0.4) is 0 Å². The second kappa shape index (κ2) is 15.4. The third-order valence-corrected chi connectivity index (χ3v) is 7.22. The Morgan fingerprint density at radius 2 is 1.82 bits per heavy atom. The SMILES string of the molecule is CSCNCC(=O)NC(COCC1CCCCC1)C(=O)NC1CCN(Cc2ccccc2)CC1. The first-order chi connectivity index (χ1) is 16.6. The quantitative estimate of drug-likeness (QED) is 0.291. The van der Waals surface area contributed by atoms with Gasteiger partial charge in [0.2, 0.25) is 11.8 Å². The Bertz CT molecular complexity index is 722. The van der Waals surface area contributed by atoms with Crippen molar-refractivity contribution in [2.75, 3.05) is 45.0 Å². The van der Waals surface area contributed by atoms with Gasteiger partial charge >= 0.3 is 0 Å². The van der Waals surface area contributed by atoms with E-state index in [-0.39, 0.29) is 31.0 Å². The van der Waals surface area contributed by atoms with E-state index in [4.69, 9.17) is 4.74 Å². The molecule has 0 spiro atoms. The lowest BCUT2D eigenvalue weighted by Crippen LogP contribution is -2.54. The van der Waals surface area contributed by atoms with Crippen LogP contribution in [-0.4, -0.2) is 73.8 Å². The Balaban J connectivity index is 1.44. The molecule has 7 nitrogen and oxygen atoms in total. The minimum Gasteiger partial charge on any atom is -0.378 e. The second-order valence-corrected chi connectivity index (χ2v) is 10.4. The van der Waals surface area contributed by atoms with Gasteiger partial charge in [0.1, 0.15) is 6.04 Å². The zero-order valence-electron chi connectivity index (χ0n) is 20.6. The number of nitrogens with one attached hydrogen (secondary N) is 3. The summed E-state index contributed by atoms with van der Waals surface area (Å²) in [5, 5.41) is 9.13. The highest BCUT2D eigenvalue weighted by Gasteiger charge is 2.26. The van der Waals surface area contributed by atoms with Crippen LogP contribution in [0.2, 0.25) is 0 Å². The van der Waals surface area contributed by atoms with Crippen molar-refractivity contribution >= 4 is 23.6 Å². The number of carbonyl (C=O) groups is 2. The van der Waals surface area contributed by atoms with Gasteiger partial charge in [0.15, 0.2) is 0 Å². The average molecular weight is 491 g/mol. The molecule has 1 saturated heterocycles. The van der Waals surface area contributed by atoms with Gasteiger partial charge in [0.25, 0.3) is 0 Å². The molecule has 1 atom stereocenters. The van der Waals surface area contributed by atoms with E-state index in [1.54, 1.807) is 11.8 Å². The fourth-order valence-electron chi connectivity index (χ4n) is 4.78. The Hall–Kier alpha value is -1.61. The Morgan fingerprint density at radius 1 is 1.09 bits per heavy atom. The van der Waals surface area contributed by atoms with Gasteiger partial charge < -0.3 is 15.4 Å². The fourth-order valence-corrected chi connectivity index (χ4v) is 5.09. The molecule has 3 rings (SSSR count). The zero-order valence-corrected chi connectivity index (χ0v) is 21.4. The molecule has 1 aliphatic heterocycles. The van der Waals surface area contributed by atoms with E-state index in [1.807, 2.05) is 12.3 Å². The monoisotopic (exact) mass is 490 g/mol. The highest BCUT2D eigenvalue weighted by atomic mass is 32.2. The summed E-state index contributed by atoms with van der Waals surface area (Å²) in [7, 11) is 0. The molecule has 1 aromatic carbocycles. The van der Waals surface area contributed by atoms with E-state index >= 15 is 0 Å². The highest BCUT2D eigenvalue weighted by Crippen LogP contribution is 2.23. The van der Waals surface area contributed by atoms with Crippen LogP contribution < -0.4 is 16.0 Å². The minimum absolute atomic E-state index is 0.131. The number of thioether (sulfide) groups is 1. The lowest BCUT2D eigenvalue weighted by molar-refractivity contribution is -0.131. The fraction of sp³-hybridized carbons (Fsp3) is 0.692. The number of hydrogen-bond donors (Lipinski definition) is 3. The summed E-state index contributed by atoms with van der Waals surface area (Å²) in [6.45, 7) is 3.94. The van der Waals surface area contributed by atoms with Crippen LogP contribution >= 0.6 is 11.8 Å². The van der Waals surface area contributed by atoms with Gasteiger partial charge in [0.05, 0.1) is 13.2 Å². The molecule has 3 N–H and O–H groups in total. The minimum atomic E-state index is -0.658. The number of amides is 2. The van der Waals surface area contributed by atoms with Gasteiger partial charge in [-0.3, -0.25) is 19.8 Å². The van der Waals surface area contributed by atoms with Crippen molar-refractivity contribution in [3.8, 4) is 0 Å². The summed E-state index contributed by atoms with van der Waals surface area (Å²) in [5.74, 6) is 0.964. The zero-order chi connectivity index (χ0) is 24.0. The summed E-state index contributed by atoms with van der Waals surface area (Å²) in [6.07, 6.45) is 10.0. The van der Waals surface area contributed by atoms with Crippen molar-refractivity contribution in [1.82, 2.24) is 20.9 Å². The number of hydrogen-bond acceptors (Lipinski definition) is 6. The van der Waals surface area contributed by atoms with Crippen LogP contribution in [-0.2, 0) is 20.9 Å². The molecule has 34 heavy (non-hydrogen) atoms. The van der Waals surface area contributed by atoms with E-state index in [0.29, 0.717) is 18.4 Å². The summed E-state index contributed by atoms with van der Waals surface area (Å²) in [5.41, 5.74) is 1.32. The predicted octanol–water partition coefficient (Wildman–Crippen LogP) is 2.76. The van der Waals surface area contributed by atoms with Crippen LogP contribution in [0.5, 0.6) is 0 Å². The van der Waals surface area contributed by atoms with Crippen LogP contribution in [0.1, 0.15) is 50.5 Å². The molecule has 2 amide bonds. The molecule has 1 aromatic rings. The lowest BCUT2D eigenvalue weighted by Gasteiger charge is -2.33. The number of carbonyl (C=O) groups excluding carboxylic acids is 2. The van der Waals surface area contributed by atoms with E-state index in [2.05, 4.69) is 45.1 Å². The first kappa shape index (κ1) is 27.0. The number of rotatable bonds is 13. The van der Waals surface area contributed by atoms with E-state index in [9.17, 15) is 9.59 Å². The molecule has 1 saturated carbocycles. The predicted molar refractivity (Wildman–Crippen MR) is 139 cm³/mol. The summed E-state index contributed by atoms with van der Waals surface area (Å²) < 4.78 is 5.95. The first-order valence-electron chi connectivity index (χ1n) is 12.8. The summed E-state index contributed by atoms with van der Waals surface area (Å²) in [6, 6.07) is 9.97. The van der Waals surface area contributed by atoms with Gasteiger partial charge in [0, 0.05) is 38.2 Å². The topological polar surface area (TPSA) is 82.7 Å². The maximum absolute atomic E-state index is 13.1. The number of piperidine rings is 1. The molecule has 0 aromatic heterocycles. The molecule has 8 heteroatoms. The molecule has 2 aliphatic rings. The van der Waals surface area contributed by atoms with E-state index in [0.717, 1.165) is 32.5 Å². The Kier molecular flexibility index (Phi) is 12.2. The van der Waals surface area contributed by atoms with Crippen molar-refractivity contribution in [1.29, 1.82) is 0 Å². The van der Waals surface area contributed by atoms with Crippen LogP contribution in [0, 0.1) is 5.92 Å². The molecule has 1 unspecified atom stereocenters. The normalized spacial score (nSPS) is 19.0. The summed E-state index contributed by atoms with van der Waals surface area (Å²) >= 11 is 1.62. The average Bonchev–Trinajstić information content (AvgIpc) is 2.86. The van der Waals surface area contributed by atoms with Crippen LogP contribution in [0.4, 0.5) is 0 Å². The maximum Gasteiger partial charge on any atom is 0.245 e. The van der Waals surface area contributed by atoms with E-state index in [1.165, 1.54) is 37.7 Å². The van der Waals surface area contributed by atoms with Gasteiger partial charge in [-0.15, -0.1) is 11.8 Å². The molecular formula is C26H42N4O3S. The lowest BCUT2D eigenvalue weighted by atomic mass is 9.90. The number of benzene rings is 1. The summed E-state index contributed by atoms with van der Waals surface area (Å²) in [4.78, 5) is 27.9. The molecule has 1 heterocycles. The van der Waals surface area contributed by atoms with Crippen molar-refractivity contribution in [2.24, 2.45) is 5.92 Å². The van der Waals surface area contributed by atoms with Crippen molar-refractivity contribution < 1.29 is 14.3 Å². The Morgan fingerprint density at radius 3 is 2.53 bits per heavy atom. The Labute approximate surface area is 209 Å². The second-order valence-electron chi connectivity index (χ2n) is 9.57. The largest absolute Gasteiger partial charge is 0.378 e. The van der Waals surface area contributed by atoms with Crippen LogP contribution in [0.15, 0.2) is 30.3 Å². The number of ether oxygens (including phenoxy) is 1. The molecule has 190 valence electrons. The molecular weight excluding hydrogens is 448 g/mol. The standard InChI is InChI=1S/C26H42N4O3S/c1-34-20-27-16-25(31)29-24(19-33-18-22-10-6-3-7-11-22)26(32)28-23-12-14-30(15-13-23)17-21-8-4-2-5-9-21/h2,4-5,8-9,22-24,27H,3,6-7,10-20H2,1H3,(H,28,32)(H,29,31). The van der Waals surface area contributed by atoms with Gasteiger partial charge in [-0.1, -0.05) is 49.6 Å². The molecule has 1 aliphatic carbocycles. The van der Waals surface area contributed by atoms with Crippen molar-refractivity contribution in [3.63, 3.8) is 0 Å². The molecule has 2 fully saturated rings. The first-order valence-corrected chi connectivity index (χ1v) is 14.2.